The average Bonchev–Trinajstić information content (AvgIpc) is 2.00. The lowest BCUT2D eigenvalue weighted by Crippen LogP contribution is -2.42. The van der Waals surface area contributed by atoms with Gasteiger partial charge in [-0.15, -0.1) is 0 Å². The first-order chi connectivity index (χ1) is 6.72. The minimum atomic E-state index is -4.52. The van der Waals surface area contributed by atoms with Crippen LogP contribution in [0.3, 0.4) is 0 Å². The first kappa shape index (κ1) is 12.3. The molecule has 0 aliphatic carbocycles. The van der Waals surface area contributed by atoms with E-state index in [2.05, 4.69) is 20.7 Å². The summed E-state index contributed by atoms with van der Waals surface area (Å²) in [5.74, 6) is -4.55. The number of ether oxygens (including phenoxy) is 1. The highest BCUT2D eigenvalue weighted by molar-refractivity contribution is 9.10. The van der Waals surface area contributed by atoms with Crippen molar-refractivity contribution in [2.45, 2.75) is 19.0 Å². The Labute approximate surface area is 92.2 Å². The molecule has 0 unspecified atom stereocenters. The van der Waals surface area contributed by atoms with Crippen molar-refractivity contribution >= 4 is 15.9 Å². The van der Waals surface area contributed by atoms with E-state index in [1.165, 1.54) is 18.2 Å². The number of alkyl halides is 4. The van der Waals surface area contributed by atoms with Crippen molar-refractivity contribution in [3.8, 4) is 5.75 Å². The Kier molecular flexibility index (Phi) is 3.28. The lowest BCUT2D eigenvalue weighted by Gasteiger charge is -2.23. The fourth-order valence-electron chi connectivity index (χ4n) is 0.768. The highest BCUT2D eigenvalue weighted by Gasteiger charge is 2.55. The van der Waals surface area contributed by atoms with Gasteiger partial charge in [-0.2, -0.15) is 17.6 Å². The van der Waals surface area contributed by atoms with Crippen LogP contribution in [0.2, 0.25) is 0 Å². The maximum absolute atomic E-state index is 12.8. The van der Waals surface area contributed by atoms with Crippen molar-refractivity contribution in [2.75, 3.05) is 0 Å². The number of hydrogen-bond acceptors (Lipinski definition) is 1. The summed E-state index contributed by atoms with van der Waals surface area (Å²) in [6.45, 7) is 0.102. The molecule has 1 aromatic carbocycles. The number of rotatable bonds is 3. The molecule has 1 rings (SSSR count). The lowest BCUT2D eigenvalue weighted by molar-refractivity contribution is -0.301. The van der Waals surface area contributed by atoms with Gasteiger partial charge in [-0.1, -0.05) is 22.0 Å². The molecule has 0 bridgehead atoms. The third kappa shape index (κ3) is 3.09. The van der Waals surface area contributed by atoms with Crippen molar-refractivity contribution in [1.82, 2.24) is 0 Å². The van der Waals surface area contributed by atoms with Gasteiger partial charge in [-0.25, -0.2) is 0 Å². The van der Waals surface area contributed by atoms with Crippen LogP contribution in [0.4, 0.5) is 17.6 Å². The first-order valence-electron chi connectivity index (χ1n) is 3.92. The maximum atomic E-state index is 12.8. The summed E-state index contributed by atoms with van der Waals surface area (Å²) >= 11 is 3.01. The molecule has 0 atom stereocenters. The Morgan fingerprint density at radius 2 is 1.80 bits per heavy atom. The molecular weight excluding hydrogens is 280 g/mol. The predicted molar refractivity (Wildman–Crippen MR) is 50.3 cm³/mol. The normalized spacial score (nSPS) is 12.7. The third-order valence-corrected chi connectivity index (χ3v) is 2.05. The van der Waals surface area contributed by atoms with E-state index >= 15 is 0 Å². The molecule has 6 heteroatoms. The van der Waals surface area contributed by atoms with Crippen molar-refractivity contribution in [3.05, 3.63) is 28.7 Å². The van der Waals surface area contributed by atoms with Crippen LogP contribution < -0.4 is 4.74 Å². The zero-order valence-corrected chi connectivity index (χ0v) is 9.19. The van der Waals surface area contributed by atoms with Crippen LogP contribution in [0.15, 0.2) is 28.7 Å². The molecule has 0 heterocycles. The maximum Gasteiger partial charge on any atom is 0.463 e. The second kappa shape index (κ2) is 4.00. The third-order valence-electron chi connectivity index (χ3n) is 1.55. The van der Waals surface area contributed by atoms with Crippen molar-refractivity contribution < 1.29 is 22.3 Å². The van der Waals surface area contributed by atoms with Crippen molar-refractivity contribution in [3.63, 3.8) is 0 Å². The monoisotopic (exact) mass is 286 g/mol. The Morgan fingerprint density at radius 1 is 1.20 bits per heavy atom. The fourth-order valence-corrected chi connectivity index (χ4v) is 1.15. The summed E-state index contributed by atoms with van der Waals surface area (Å²) in [7, 11) is 0. The van der Waals surface area contributed by atoms with Gasteiger partial charge in [0.2, 0.25) is 0 Å². The van der Waals surface area contributed by atoms with E-state index < -0.39 is 12.0 Å². The second-order valence-electron chi connectivity index (χ2n) is 2.96. The van der Waals surface area contributed by atoms with Gasteiger partial charge >= 0.3 is 12.0 Å². The standard InChI is InChI=1S/C9H7BrF4O/c1-8(11,12)9(13,14)15-7-4-2-3-6(10)5-7/h2-5H,1H3. The Hall–Kier alpha value is -0.780. The summed E-state index contributed by atoms with van der Waals surface area (Å²) in [6.07, 6.45) is -4.52. The van der Waals surface area contributed by atoms with Crippen LogP contribution in [-0.4, -0.2) is 12.0 Å². The summed E-state index contributed by atoms with van der Waals surface area (Å²) in [4.78, 5) is 0. The Balaban J connectivity index is 2.87. The topological polar surface area (TPSA) is 9.23 Å². The highest BCUT2D eigenvalue weighted by Crippen LogP contribution is 2.36. The molecule has 0 radical (unpaired) electrons. The molecular formula is C9H7BrF4O. The van der Waals surface area contributed by atoms with Crippen LogP contribution in [0.5, 0.6) is 5.75 Å². The van der Waals surface area contributed by atoms with Gasteiger partial charge in [0.25, 0.3) is 0 Å². The molecule has 0 amide bonds. The van der Waals surface area contributed by atoms with Crippen LogP contribution in [0.25, 0.3) is 0 Å². The Morgan fingerprint density at radius 3 is 2.27 bits per heavy atom. The van der Waals surface area contributed by atoms with Crippen LogP contribution >= 0.6 is 15.9 Å². The van der Waals surface area contributed by atoms with E-state index in [9.17, 15) is 17.6 Å². The summed E-state index contributed by atoms with van der Waals surface area (Å²) < 4.78 is 54.7. The molecule has 0 saturated heterocycles. The van der Waals surface area contributed by atoms with E-state index in [1.807, 2.05) is 0 Å². The fraction of sp³-hybridized carbons (Fsp3) is 0.333. The van der Waals surface area contributed by atoms with Crippen molar-refractivity contribution in [2.24, 2.45) is 0 Å². The molecule has 0 aromatic heterocycles. The van der Waals surface area contributed by atoms with E-state index in [-0.39, 0.29) is 12.7 Å². The summed E-state index contributed by atoms with van der Waals surface area (Å²) in [5.41, 5.74) is 0. The number of benzene rings is 1. The molecule has 0 aliphatic rings. The molecule has 1 aromatic rings. The lowest BCUT2D eigenvalue weighted by atomic mass is 10.3. The number of hydrogen-bond donors (Lipinski definition) is 0. The molecule has 84 valence electrons. The largest absolute Gasteiger partial charge is 0.463 e. The van der Waals surface area contributed by atoms with Gasteiger partial charge in [0.1, 0.15) is 5.75 Å². The number of halogens is 5. The zero-order valence-electron chi connectivity index (χ0n) is 7.61. The van der Waals surface area contributed by atoms with E-state index in [4.69, 9.17) is 0 Å². The van der Waals surface area contributed by atoms with Crippen LogP contribution in [0.1, 0.15) is 6.92 Å². The molecule has 1 nitrogen and oxygen atoms in total. The average molecular weight is 287 g/mol. The summed E-state index contributed by atoms with van der Waals surface area (Å²) in [5, 5.41) is 0. The molecule has 0 saturated carbocycles. The molecule has 0 spiro atoms. The van der Waals surface area contributed by atoms with E-state index in [0.29, 0.717) is 4.47 Å². The highest BCUT2D eigenvalue weighted by atomic mass is 79.9. The molecule has 0 N–H and O–H groups in total. The summed E-state index contributed by atoms with van der Waals surface area (Å²) in [6, 6.07) is 5.32. The smallest absolute Gasteiger partial charge is 0.428 e. The van der Waals surface area contributed by atoms with Crippen molar-refractivity contribution in [1.29, 1.82) is 0 Å². The van der Waals surface area contributed by atoms with Gasteiger partial charge < -0.3 is 4.74 Å². The molecule has 0 fully saturated rings. The van der Waals surface area contributed by atoms with Gasteiger partial charge in [-0.3, -0.25) is 0 Å². The van der Waals surface area contributed by atoms with E-state index in [1.54, 1.807) is 6.07 Å². The minimum Gasteiger partial charge on any atom is -0.428 e. The second-order valence-corrected chi connectivity index (χ2v) is 3.88. The molecule has 0 aliphatic heterocycles. The first-order valence-corrected chi connectivity index (χ1v) is 4.72. The van der Waals surface area contributed by atoms with Crippen LogP contribution in [0, 0.1) is 0 Å². The zero-order chi connectivity index (χ0) is 11.7. The quantitative estimate of drug-likeness (QED) is 0.761. The van der Waals surface area contributed by atoms with E-state index in [0.717, 1.165) is 0 Å². The molecule has 15 heavy (non-hydrogen) atoms. The Bertz CT molecular complexity index is 348. The van der Waals surface area contributed by atoms with Gasteiger partial charge in [-0.05, 0) is 18.2 Å². The van der Waals surface area contributed by atoms with Gasteiger partial charge in [0.15, 0.2) is 0 Å². The SMILES string of the molecule is CC(F)(F)C(F)(F)Oc1cccc(Br)c1. The minimum absolute atomic E-state index is 0.102. The van der Waals surface area contributed by atoms with Crippen LogP contribution in [-0.2, 0) is 0 Å². The van der Waals surface area contributed by atoms with Gasteiger partial charge in [0, 0.05) is 11.4 Å². The van der Waals surface area contributed by atoms with Gasteiger partial charge in [0.05, 0.1) is 0 Å². The predicted octanol–water partition coefficient (Wildman–Crippen LogP) is 4.08.